The summed E-state index contributed by atoms with van der Waals surface area (Å²) in [5.74, 6) is 0.0903. The van der Waals surface area contributed by atoms with Crippen molar-refractivity contribution in [2.24, 2.45) is 11.8 Å². The Morgan fingerprint density at radius 1 is 1.46 bits per heavy atom. The minimum atomic E-state index is -0.759. The third-order valence-electron chi connectivity index (χ3n) is 2.93. The second-order valence-corrected chi connectivity index (χ2v) is 4.18. The smallest absolute Gasteiger partial charge is 0.303 e. The Balaban J connectivity index is 2.33. The molecule has 1 aliphatic carbocycles. The summed E-state index contributed by atoms with van der Waals surface area (Å²) in [5.41, 5.74) is 0. The summed E-state index contributed by atoms with van der Waals surface area (Å²) in [4.78, 5) is 10.3. The Kier molecular flexibility index (Phi) is 3.72. The first-order valence-corrected chi connectivity index (χ1v) is 4.99. The highest BCUT2D eigenvalue weighted by molar-refractivity contribution is 5.66. The van der Waals surface area contributed by atoms with E-state index in [1.165, 1.54) is 0 Å². The van der Waals surface area contributed by atoms with Crippen LogP contribution >= 0.6 is 0 Å². The van der Waals surface area contributed by atoms with Gasteiger partial charge in [-0.05, 0) is 37.5 Å². The monoisotopic (exact) mass is 186 g/mol. The van der Waals surface area contributed by atoms with E-state index < -0.39 is 5.97 Å². The molecule has 1 aliphatic rings. The summed E-state index contributed by atoms with van der Waals surface area (Å²) in [6.45, 7) is 2.17. The minimum absolute atomic E-state index is 0.189. The van der Waals surface area contributed by atoms with Crippen LogP contribution in [0.3, 0.4) is 0 Å². The molecule has 13 heavy (non-hydrogen) atoms. The number of hydrogen-bond donors (Lipinski definition) is 2. The van der Waals surface area contributed by atoms with E-state index in [2.05, 4.69) is 6.92 Å². The van der Waals surface area contributed by atoms with Crippen LogP contribution in [0.15, 0.2) is 0 Å². The molecular weight excluding hydrogens is 168 g/mol. The fourth-order valence-corrected chi connectivity index (χ4v) is 2.10. The summed E-state index contributed by atoms with van der Waals surface area (Å²) in [6.07, 6.45) is 3.44. The summed E-state index contributed by atoms with van der Waals surface area (Å²) in [7, 11) is 0. The largest absolute Gasteiger partial charge is 0.481 e. The van der Waals surface area contributed by atoms with Gasteiger partial charge in [0.25, 0.3) is 0 Å². The number of carbonyl (C=O) groups is 1. The Hall–Kier alpha value is -0.570. The quantitative estimate of drug-likeness (QED) is 0.704. The number of rotatable bonds is 3. The predicted octanol–water partition coefficient (Wildman–Crippen LogP) is 1.65. The molecule has 0 aliphatic heterocycles. The van der Waals surface area contributed by atoms with Crippen molar-refractivity contribution in [2.75, 3.05) is 0 Å². The number of aliphatic hydroxyl groups is 1. The number of aliphatic hydroxyl groups excluding tert-OH is 1. The van der Waals surface area contributed by atoms with Gasteiger partial charge in [-0.25, -0.2) is 0 Å². The summed E-state index contributed by atoms with van der Waals surface area (Å²) in [6, 6.07) is 0. The zero-order valence-corrected chi connectivity index (χ0v) is 8.07. The number of hydrogen-bond acceptors (Lipinski definition) is 2. The lowest BCUT2D eigenvalue weighted by Crippen LogP contribution is -2.28. The van der Waals surface area contributed by atoms with Gasteiger partial charge in [0.15, 0.2) is 0 Å². The van der Waals surface area contributed by atoms with Crippen molar-refractivity contribution >= 4 is 5.97 Å². The highest BCUT2D eigenvalue weighted by Crippen LogP contribution is 2.31. The topological polar surface area (TPSA) is 57.5 Å². The van der Waals surface area contributed by atoms with Crippen molar-refractivity contribution < 1.29 is 15.0 Å². The molecule has 1 saturated carbocycles. The zero-order chi connectivity index (χ0) is 9.84. The van der Waals surface area contributed by atoms with E-state index in [1.807, 2.05) is 0 Å². The maximum absolute atomic E-state index is 10.3. The van der Waals surface area contributed by atoms with Gasteiger partial charge in [-0.2, -0.15) is 0 Å². The zero-order valence-electron chi connectivity index (χ0n) is 8.07. The van der Waals surface area contributed by atoms with Crippen LogP contribution < -0.4 is 0 Å². The van der Waals surface area contributed by atoms with Crippen LogP contribution in [0.5, 0.6) is 0 Å². The first-order chi connectivity index (χ1) is 6.09. The Labute approximate surface area is 78.8 Å². The molecule has 3 nitrogen and oxygen atoms in total. The van der Waals surface area contributed by atoms with Crippen molar-refractivity contribution in [3.05, 3.63) is 0 Å². The molecule has 1 rings (SSSR count). The van der Waals surface area contributed by atoms with Gasteiger partial charge in [0.1, 0.15) is 0 Å². The normalized spacial score (nSPS) is 34.5. The second kappa shape index (κ2) is 4.61. The lowest BCUT2D eigenvalue weighted by Gasteiger charge is -2.31. The molecule has 0 aromatic heterocycles. The highest BCUT2D eigenvalue weighted by atomic mass is 16.4. The number of carboxylic acid groups (broad SMARTS) is 1. The van der Waals surface area contributed by atoms with Crippen LogP contribution in [0.4, 0.5) is 0 Å². The van der Waals surface area contributed by atoms with E-state index in [1.54, 1.807) is 0 Å². The van der Waals surface area contributed by atoms with Gasteiger partial charge < -0.3 is 10.2 Å². The fraction of sp³-hybridized carbons (Fsp3) is 0.900. The first-order valence-electron chi connectivity index (χ1n) is 4.99. The van der Waals surface area contributed by atoms with Gasteiger partial charge in [0, 0.05) is 6.42 Å². The average Bonchev–Trinajstić information content (AvgIpc) is 2.06. The molecule has 0 spiro atoms. The van der Waals surface area contributed by atoms with E-state index >= 15 is 0 Å². The summed E-state index contributed by atoms with van der Waals surface area (Å²) < 4.78 is 0. The second-order valence-electron chi connectivity index (χ2n) is 4.18. The van der Waals surface area contributed by atoms with Gasteiger partial charge >= 0.3 is 5.97 Å². The van der Waals surface area contributed by atoms with E-state index in [4.69, 9.17) is 5.11 Å². The molecule has 0 heterocycles. The standard InChI is InChI=1S/C10H18O3/c1-7-2-4-9(11)8(6-7)3-5-10(12)13/h7-9,11H,2-6H2,1H3,(H,12,13)/t7?,8-,9+/m0/s1. The summed E-state index contributed by atoms with van der Waals surface area (Å²) in [5, 5.41) is 18.1. The lowest BCUT2D eigenvalue weighted by atomic mass is 9.78. The van der Waals surface area contributed by atoms with Crippen molar-refractivity contribution in [1.82, 2.24) is 0 Å². The maximum atomic E-state index is 10.3. The van der Waals surface area contributed by atoms with E-state index in [0.717, 1.165) is 19.3 Å². The van der Waals surface area contributed by atoms with Crippen molar-refractivity contribution in [3.8, 4) is 0 Å². The molecule has 76 valence electrons. The highest BCUT2D eigenvalue weighted by Gasteiger charge is 2.26. The molecule has 0 aromatic rings. The van der Waals surface area contributed by atoms with Crippen LogP contribution in [0, 0.1) is 11.8 Å². The number of aliphatic carboxylic acids is 1. The van der Waals surface area contributed by atoms with Gasteiger partial charge in [0.05, 0.1) is 6.10 Å². The third-order valence-corrected chi connectivity index (χ3v) is 2.93. The first kappa shape index (κ1) is 10.5. The van der Waals surface area contributed by atoms with E-state index in [9.17, 15) is 9.90 Å². The summed E-state index contributed by atoms with van der Waals surface area (Å²) >= 11 is 0. The Bertz CT molecular complexity index is 179. The molecular formula is C10H18O3. The SMILES string of the molecule is CC1CC[C@@H](O)[C@@H](CCC(=O)O)C1. The van der Waals surface area contributed by atoms with Crippen molar-refractivity contribution in [1.29, 1.82) is 0 Å². The van der Waals surface area contributed by atoms with E-state index in [-0.39, 0.29) is 18.4 Å². The molecule has 2 N–H and O–H groups in total. The van der Waals surface area contributed by atoms with Crippen LogP contribution in [0.1, 0.15) is 39.0 Å². The average molecular weight is 186 g/mol. The van der Waals surface area contributed by atoms with Gasteiger partial charge in [-0.1, -0.05) is 6.92 Å². The minimum Gasteiger partial charge on any atom is -0.481 e. The Morgan fingerprint density at radius 2 is 2.15 bits per heavy atom. The maximum Gasteiger partial charge on any atom is 0.303 e. The third kappa shape index (κ3) is 3.35. The molecule has 0 radical (unpaired) electrons. The molecule has 0 aromatic carbocycles. The predicted molar refractivity (Wildman–Crippen MR) is 49.4 cm³/mol. The van der Waals surface area contributed by atoms with Gasteiger partial charge in [0.2, 0.25) is 0 Å². The molecule has 0 amide bonds. The van der Waals surface area contributed by atoms with Crippen LogP contribution in [0.2, 0.25) is 0 Å². The van der Waals surface area contributed by atoms with Crippen LogP contribution in [-0.2, 0) is 4.79 Å². The van der Waals surface area contributed by atoms with Crippen LogP contribution in [-0.4, -0.2) is 22.3 Å². The van der Waals surface area contributed by atoms with Gasteiger partial charge in [-0.3, -0.25) is 4.79 Å². The molecule has 3 atom stereocenters. The van der Waals surface area contributed by atoms with Gasteiger partial charge in [-0.15, -0.1) is 0 Å². The lowest BCUT2D eigenvalue weighted by molar-refractivity contribution is -0.137. The van der Waals surface area contributed by atoms with Crippen LogP contribution in [0.25, 0.3) is 0 Å². The molecule has 3 heteroatoms. The van der Waals surface area contributed by atoms with Crippen molar-refractivity contribution in [2.45, 2.75) is 45.1 Å². The number of carboxylic acids is 1. The fourth-order valence-electron chi connectivity index (χ4n) is 2.10. The molecule has 0 saturated heterocycles. The Morgan fingerprint density at radius 3 is 2.77 bits per heavy atom. The van der Waals surface area contributed by atoms with Crippen molar-refractivity contribution in [3.63, 3.8) is 0 Å². The van der Waals surface area contributed by atoms with E-state index in [0.29, 0.717) is 12.3 Å². The molecule has 1 fully saturated rings. The molecule has 1 unspecified atom stereocenters. The molecule has 0 bridgehead atoms.